The Balaban J connectivity index is 2.14. The molecule has 0 saturated heterocycles. The summed E-state index contributed by atoms with van der Waals surface area (Å²) in [4.78, 5) is 15.9. The van der Waals surface area contributed by atoms with E-state index in [1.807, 2.05) is 24.3 Å². The third kappa shape index (κ3) is 2.86. The van der Waals surface area contributed by atoms with Crippen LogP contribution in [0.4, 0.5) is 0 Å². The van der Waals surface area contributed by atoms with Gasteiger partial charge in [-0.15, -0.1) is 0 Å². The second kappa shape index (κ2) is 5.32. The summed E-state index contributed by atoms with van der Waals surface area (Å²) in [7, 11) is 0. The summed E-state index contributed by atoms with van der Waals surface area (Å²) in [6.45, 7) is 2.20. The summed E-state index contributed by atoms with van der Waals surface area (Å²) in [6.07, 6.45) is 1.52. The predicted molar refractivity (Wildman–Crippen MR) is 67.6 cm³/mol. The highest BCUT2D eigenvalue weighted by Crippen LogP contribution is 2.21. The minimum absolute atomic E-state index is 0.232. The lowest BCUT2D eigenvalue weighted by Gasteiger charge is -2.04. The Bertz CT molecular complexity index is 456. The molecule has 4 heteroatoms. The first kappa shape index (κ1) is 12.1. The number of nitrogens with zero attached hydrogens (tertiary/aromatic N) is 1. The number of carbonyl (C=O) groups excluding carboxylic acids is 1. The maximum absolute atomic E-state index is 11.5. The van der Waals surface area contributed by atoms with Gasteiger partial charge in [0.1, 0.15) is 6.04 Å². The van der Waals surface area contributed by atoms with Crippen molar-refractivity contribution in [3.05, 3.63) is 34.9 Å². The number of carbonyl (C=O) groups is 1. The minimum Gasteiger partial charge on any atom is -0.464 e. The van der Waals surface area contributed by atoms with E-state index >= 15 is 0 Å². The standard InChI is InChI=1S/C13H14ClNO2/c1-2-17-13(16)12-7-6-11(15-12)9-4-3-5-10(14)8-9/h3-5,8,12H,2,6-7H2,1H3/t12-/m1/s1. The summed E-state index contributed by atoms with van der Waals surface area (Å²) in [5.41, 5.74) is 1.93. The van der Waals surface area contributed by atoms with Gasteiger partial charge >= 0.3 is 5.97 Å². The van der Waals surface area contributed by atoms with Crippen molar-refractivity contribution in [1.82, 2.24) is 0 Å². The van der Waals surface area contributed by atoms with Crippen LogP contribution in [0.3, 0.4) is 0 Å². The van der Waals surface area contributed by atoms with Crippen LogP contribution in [0.2, 0.25) is 5.02 Å². The lowest BCUT2D eigenvalue weighted by molar-refractivity contribution is -0.144. The molecule has 1 aliphatic heterocycles. The molecule has 1 aromatic rings. The number of hydrogen-bond donors (Lipinski definition) is 0. The van der Waals surface area contributed by atoms with Gasteiger partial charge in [-0.25, -0.2) is 4.79 Å². The number of hydrogen-bond acceptors (Lipinski definition) is 3. The molecule has 0 aromatic heterocycles. The molecule has 0 aliphatic carbocycles. The second-order valence-corrected chi connectivity index (χ2v) is 4.33. The summed E-state index contributed by atoms with van der Waals surface area (Å²) in [6, 6.07) is 7.19. The fourth-order valence-corrected chi connectivity index (χ4v) is 2.08. The van der Waals surface area contributed by atoms with E-state index in [4.69, 9.17) is 16.3 Å². The summed E-state index contributed by atoms with van der Waals surface area (Å²) in [5, 5.41) is 0.685. The van der Waals surface area contributed by atoms with Crippen LogP contribution in [0, 0.1) is 0 Å². The predicted octanol–water partition coefficient (Wildman–Crippen LogP) is 2.85. The molecule has 0 bridgehead atoms. The third-order valence-electron chi connectivity index (χ3n) is 2.68. The molecule has 0 amide bonds. The van der Waals surface area contributed by atoms with Gasteiger partial charge in [-0.3, -0.25) is 4.99 Å². The molecule has 3 nitrogen and oxygen atoms in total. The largest absolute Gasteiger partial charge is 0.464 e. The van der Waals surface area contributed by atoms with Crippen LogP contribution in [-0.2, 0) is 9.53 Å². The molecular formula is C13H14ClNO2. The monoisotopic (exact) mass is 251 g/mol. The van der Waals surface area contributed by atoms with Crippen molar-refractivity contribution in [3.63, 3.8) is 0 Å². The van der Waals surface area contributed by atoms with Gasteiger partial charge in [-0.05, 0) is 37.5 Å². The van der Waals surface area contributed by atoms with Crippen molar-refractivity contribution >= 4 is 23.3 Å². The fraction of sp³-hybridized carbons (Fsp3) is 0.385. The van der Waals surface area contributed by atoms with E-state index in [0.717, 1.165) is 24.1 Å². The Labute approximate surface area is 105 Å². The Morgan fingerprint density at radius 1 is 1.59 bits per heavy atom. The zero-order chi connectivity index (χ0) is 12.3. The van der Waals surface area contributed by atoms with Crippen LogP contribution >= 0.6 is 11.6 Å². The SMILES string of the molecule is CCOC(=O)[C@H]1CCC(c2cccc(Cl)c2)=N1. The molecule has 0 fully saturated rings. The smallest absolute Gasteiger partial charge is 0.330 e. The van der Waals surface area contributed by atoms with Gasteiger partial charge in [0.15, 0.2) is 0 Å². The fourth-order valence-electron chi connectivity index (χ4n) is 1.89. The van der Waals surface area contributed by atoms with Gasteiger partial charge in [0, 0.05) is 10.7 Å². The number of halogens is 1. The quantitative estimate of drug-likeness (QED) is 0.775. The first-order chi connectivity index (χ1) is 8.20. The number of aliphatic imine (C=N–C) groups is 1. The zero-order valence-electron chi connectivity index (χ0n) is 9.65. The van der Waals surface area contributed by atoms with Crippen LogP contribution < -0.4 is 0 Å². The highest BCUT2D eigenvalue weighted by atomic mass is 35.5. The second-order valence-electron chi connectivity index (χ2n) is 3.89. The van der Waals surface area contributed by atoms with Crippen LogP contribution in [0.15, 0.2) is 29.3 Å². The molecule has 1 aromatic carbocycles. The Morgan fingerprint density at radius 3 is 3.12 bits per heavy atom. The van der Waals surface area contributed by atoms with Crippen LogP contribution in [0.5, 0.6) is 0 Å². The number of ether oxygens (including phenoxy) is 1. The molecule has 1 aliphatic rings. The summed E-state index contributed by atoms with van der Waals surface area (Å²) >= 11 is 5.93. The Morgan fingerprint density at radius 2 is 2.41 bits per heavy atom. The van der Waals surface area contributed by atoms with Gasteiger partial charge in [-0.2, -0.15) is 0 Å². The van der Waals surface area contributed by atoms with E-state index < -0.39 is 0 Å². The van der Waals surface area contributed by atoms with Crippen molar-refractivity contribution < 1.29 is 9.53 Å². The highest BCUT2D eigenvalue weighted by Gasteiger charge is 2.25. The average molecular weight is 252 g/mol. The zero-order valence-corrected chi connectivity index (χ0v) is 10.4. The van der Waals surface area contributed by atoms with Gasteiger partial charge in [0.05, 0.1) is 6.61 Å². The summed E-state index contributed by atoms with van der Waals surface area (Å²) < 4.78 is 4.96. The van der Waals surface area contributed by atoms with E-state index in [1.165, 1.54) is 0 Å². The average Bonchev–Trinajstić information content (AvgIpc) is 2.78. The van der Waals surface area contributed by atoms with E-state index in [0.29, 0.717) is 11.6 Å². The molecule has 0 N–H and O–H groups in total. The third-order valence-corrected chi connectivity index (χ3v) is 2.92. The molecule has 0 unspecified atom stereocenters. The Kier molecular flexibility index (Phi) is 3.79. The van der Waals surface area contributed by atoms with Gasteiger partial charge < -0.3 is 4.74 Å². The maximum Gasteiger partial charge on any atom is 0.330 e. The molecule has 0 saturated carbocycles. The van der Waals surface area contributed by atoms with Crippen LogP contribution in [0.1, 0.15) is 25.3 Å². The van der Waals surface area contributed by atoms with Gasteiger partial charge in [-0.1, -0.05) is 23.7 Å². The topological polar surface area (TPSA) is 38.7 Å². The molecule has 17 heavy (non-hydrogen) atoms. The Hall–Kier alpha value is -1.35. The van der Waals surface area contributed by atoms with Crippen LogP contribution in [0.25, 0.3) is 0 Å². The molecular weight excluding hydrogens is 238 g/mol. The summed E-state index contributed by atoms with van der Waals surface area (Å²) in [5.74, 6) is -0.232. The molecule has 1 atom stereocenters. The molecule has 90 valence electrons. The maximum atomic E-state index is 11.5. The van der Waals surface area contributed by atoms with Gasteiger partial charge in [0.2, 0.25) is 0 Å². The molecule has 0 radical (unpaired) electrons. The van der Waals surface area contributed by atoms with Crippen LogP contribution in [-0.4, -0.2) is 24.3 Å². The lowest BCUT2D eigenvalue weighted by Crippen LogP contribution is -2.18. The van der Waals surface area contributed by atoms with Crippen molar-refractivity contribution in [2.75, 3.05) is 6.61 Å². The van der Waals surface area contributed by atoms with E-state index in [1.54, 1.807) is 6.92 Å². The normalized spacial score (nSPS) is 18.9. The van der Waals surface area contributed by atoms with E-state index in [2.05, 4.69) is 4.99 Å². The van der Waals surface area contributed by atoms with E-state index in [-0.39, 0.29) is 12.0 Å². The molecule has 2 rings (SSSR count). The first-order valence-electron chi connectivity index (χ1n) is 5.70. The molecule has 0 spiro atoms. The first-order valence-corrected chi connectivity index (χ1v) is 6.07. The lowest BCUT2D eigenvalue weighted by atomic mass is 10.1. The number of esters is 1. The minimum atomic E-state index is -0.344. The van der Waals surface area contributed by atoms with Crippen molar-refractivity contribution in [1.29, 1.82) is 0 Å². The highest BCUT2D eigenvalue weighted by molar-refractivity contribution is 6.31. The van der Waals surface area contributed by atoms with E-state index in [9.17, 15) is 4.79 Å². The number of benzene rings is 1. The van der Waals surface area contributed by atoms with Crippen molar-refractivity contribution in [2.45, 2.75) is 25.8 Å². The number of rotatable bonds is 3. The van der Waals surface area contributed by atoms with Crippen molar-refractivity contribution in [2.24, 2.45) is 4.99 Å². The van der Waals surface area contributed by atoms with Crippen molar-refractivity contribution in [3.8, 4) is 0 Å². The van der Waals surface area contributed by atoms with Gasteiger partial charge in [0.25, 0.3) is 0 Å². The molecule has 1 heterocycles.